The number of allylic oxidation sites excluding steroid dienone is 2. The average Bonchev–Trinajstić information content (AvgIpc) is 2.50. The fraction of sp³-hybridized carbons (Fsp3) is 0.833. The highest BCUT2D eigenvalue weighted by molar-refractivity contribution is 8.04. The molecule has 23 heavy (non-hydrogen) atoms. The molecule has 0 saturated heterocycles. The van der Waals surface area contributed by atoms with E-state index in [1.807, 2.05) is 0 Å². The number of unbranched alkanes of at least 4 members (excludes halogenated alkanes) is 11. The molecule has 0 saturated carbocycles. The molecular weight excluding hydrogens is 310 g/mol. The molecule has 2 N–H and O–H groups in total. The van der Waals surface area contributed by atoms with Gasteiger partial charge in [0.1, 0.15) is 0 Å². The number of nitrogens with two attached hydrogens (primary N) is 1. The SMILES string of the molecule is CCCCCCCC/C=C\CCCCCCCC(=O)S(N)(=O)=O. The number of rotatable bonds is 15. The van der Waals surface area contributed by atoms with Crippen LogP contribution in [0.15, 0.2) is 12.2 Å². The zero-order valence-electron chi connectivity index (χ0n) is 14.8. The second-order valence-electron chi connectivity index (χ2n) is 6.25. The second-order valence-corrected chi connectivity index (χ2v) is 7.80. The molecule has 0 aliphatic carbocycles. The van der Waals surface area contributed by atoms with Crippen LogP contribution in [0, 0.1) is 0 Å². The summed E-state index contributed by atoms with van der Waals surface area (Å²) in [6.07, 6.45) is 19.9. The molecule has 0 fully saturated rings. The molecule has 0 unspecified atom stereocenters. The van der Waals surface area contributed by atoms with Gasteiger partial charge in [0.15, 0.2) is 0 Å². The zero-order chi connectivity index (χ0) is 17.4. The van der Waals surface area contributed by atoms with Crippen molar-refractivity contribution in [3.8, 4) is 0 Å². The van der Waals surface area contributed by atoms with Gasteiger partial charge in [0.05, 0.1) is 0 Å². The maximum atomic E-state index is 11.1. The summed E-state index contributed by atoms with van der Waals surface area (Å²) in [6.45, 7) is 2.24. The van der Waals surface area contributed by atoms with E-state index in [1.165, 1.54) is 44.9 Å². The van der Waals surface area contributed by atoms with Crippen LogP contribution in [0.5, 0.6) is 0 Å². The lowest BCUT2D eigenvalue weighted by Gasteiger charge is -2.00. The summed E-state index contributed by atoms with van der Waals surface area (Å²) in [5.41, 5.74) is 0. The average molecular weight is 346 g/mol. The Balaban J connectivity index is 3.27. The number of primary sulfonamides is 1. The Morgan fingerprint density at radius 1 is 0.783 bits per heavy atom. The van der Waals surface area contributed by atoms with Crippen LogP contribution < -0.4 is 5.14 Å². The van der Waals surface area contributed by atoms with Gasteiger partial charge in [-0.25, -0.2) is 13.6 Å². The third-order valence-electron chi connectivity index (χ3n) is 3.96. The Morgan fingerprint density at radius 2 is 1.22 bits per heavy atom. The quantitative estimate of drug-likeness (QED) is 0.341. The Bertz CT molecular complexity index is 416. The molecule has 0 aromatic heterocycles. The van der Waals surface area contributed by atoms with E-state index >= 15 is 0 Å². The molecule has 0 aliphatic rings. The minimum Gasteiger partial charge on any atom is -0.280 e. The number of carbonyl (C=O) groups is 1. The Kier molecular flexibility index (Phi) is 14.4. The van der Waals surface area contributed by atoms with Gasteiger partial charge < -0.3 is 0 Å². The van der Waals surface area contributed by atoms with Crippen molar-refractivity contribution in [2.24, 2.45) is 5.14 Å². The molecule has 0 aliphatic heterocycles. The Hall–Kier alpha value is -0.680. The third kappa shape index (κ3) is 16.0. The van der Waals surface area contributed by atoms with Crippen LogP contribution in [-0.2, 0) is 14.8 Å². The van der Waals surface area contributed by atoms with Gasteiger partial charge in [0, 0.05) is 6.42 Å². The molecule has 0 rings (SSSR count). The molecule has 0 atom stereocenters. The molecule has 0 radical (unpaired) electrons. The van der Waals surface area contributed by atoms with E-state index in [-0.39, 0.29) is 6.42 Å². The summed E-state index contributed by atoms with van der Waals surface area (Å²) in [6, 6.07) is 0. The summed E-state index contributed by atoms with van der Waals surface area (Å²) < 4.78 is 21.5. The molecule has 0 heterocycles. The van der Waals surface area contributed by atoms with Gasteiger partial charge in [-0.05, 0) is 32.1 Å². The van der Waals surface area contributed by atoms with Gasteiger partial charge in [0.2, 0.25) is 0 Å². The van der Waals surface area contributed by atoms with E-state index in [2.05, 4.69) is 19.1 Å². The molecule has 0 aromatic rings. The predicted molar refractivity (Wildman–Crippen MR) is 97.6 cm³/mol. The minimum absolute atomic E-state index is 0.0526. The van der Waals surface area contributed by atoms with Crippen molar-refractivity contribution in [3.05, 3.63) is 12.2 Å². The molecule has 0 spiro atoms. The third-order valence-corrected chi connectivity index (χ3v) is 4.80. The molecular formula is C18H35NO3S. The predicted octanol–water partition coefficient (Wildman–Crippen LogP) is 4.84. The highest BCUT2D eigenvalue weighted by Crippen LogP contribution is 2.10. The van der Waals surface area contributed by atoms with Crippen molar-refractivity contribution in [3.63, 3.8) is 0 Å². The van der Waals surface area contributed by atoms with E-state index in [9.17, 15) is 13.2 Å². The molecule has 0 amide bonds. The summed E-state index contributed by atoms with van der Waals surface area (Å²) in [7, 11) is -3.97. The standard InChI is InChI=1S/C18H35NO3S/c1-2-3-4-5-6-7-8-9-10-11-12-13-14-15-16-17-18(20)23(19,21)22/h9-10H,2-8,11-17H2,1H3,(H2,19,21,22)/b10-9-. The van der Waals surface area contributed by atoms with E-state index in [1.54, 1.807) is 0 Å². The molecule has 136 valence electrons. The van der Waals surface area contributed by atoms with Gasteiger partial charge in [0.25, 0.3) is 15.1 Å². The van der Waals surface area contributed by atoms with Crippen LogP contribution in [0.1, 0.15) is 96.8 Å². The van der Waals surface area contributed by atoms with Crippen molar-refractivity contribution < 1.29 is 13.2 Å². The lowest BCUT2D eigenvalue weighted by Crippen LogP contribution is -2.22. The first kappa shape index (κ1) is 22.3. The van der Waals surface area contributed by atoms with Crippen molar-refractivity contribution >= 4 is 15.1 Å². The van der Waals surface area contributed by atoms with Gasteiger partial charge in [-0.2, -0.15) is 0 Å². The zero-order valence-corrected chi connectivity index (χ0v) is 15.6. The summed E-state index contributed by atoms with van der Waals surface area (Å²) in [4.78, 5) is 11.1. The first-order valence-electron chi connectivity index (χ1n) is 9.19. The van der Waals surface area contributed by atoms with Crippen LogP contribution >= 0.6 is 0 Å². The summed E-state index contributed by atoms with van der Waals surface area (Å²) >= 11 is 0. The van der Waals surface area contributed by atoms with Gasteiger partial charge in [-0.15, -0.1) is 0 Å². The van der Waals surface area contributed by atoms with Crippen molar-refractivity contribution in [2.45, 2.75) is 96.8 Å². The molecule has 4 nitrogen and oxygen atoms in total. The van der Waals surface area contributed by atoms with Crippen LogP contribution in [0.4, 0.5) is 0 Å². The molecule has 0 aromatic carbocycles. The number of hydrogen-bond acceptors (Lipinski definition) is 3. The maximum absolute atomic E-state index is 11.1. The Labute approximate surface area is 143 Å². The lowest BCUT2D eigenvalue weighted by atomic mass is 10.1. The maximum Gasteiger partial charge on any atom is 0.271 e. The summed E-state index contributed by atoms with van der Waals surface area (Å²) in [5.74, 6) is 0. The van der Waals surface area contributed by atoms with Crippen molar-refractivity contribution in [2.75, 3.05) is 0 Å². The van der Waals surface area contributed by atoms with Crippen molar-refractivity contribution in [1.29, 1.82) is 0 Å². The largest absolute Gasteiger partial charge is 0.280 e. The number of sulfonamides is 1. The molecule has 0 bridgehead atoms. The van der Waals surface area contributed by atoms with E-state index in [0.29, 0.717) is 6.42 Å². The van der Waals surface area contributed by atoms with Crippen molar-refractivity contribution in [1.82, 2.24) is 0 Å². The topological polar surface area (TPSA) is 77.2 Å². The minimum atomic E-state index is -3.97. The highest BCUT2D eigenvalue weighted by atomic mass is 32.2. The van der Waals surface area contributed by atoms with Crippen LogP contribution in [0.25, 0.3) is 0 Å². The Morgan fingerprint density at radius 3 is 1.70 bits per heavy atom. The lowest BCUT2D eigenvalue weighted by molar-refractivity contribution is -0.111. The number of hydrogen-bond donors (Lipinski definition) is 1. The first-order chi connectivity index (χ1) is 11.0. The van der Waals surface area contributed by atoms with Crippen LogP contribution in [-0.4, -0.2) is 13.5 Å². The second kappa shape index (κ2) is 14.9. The van der Waals surface area contributed by atoms with E-state index < -0.39 is 15.1 Å². The normalized spacial score (nSPS) is 12.1. The summed E-state index contributed by atoms with van der Waals surface area (Å²) in [5, 5.41) is 3.92. The molecule has 5 heteroatoms. The monoisotopic (exact) mass is 345 g/mol. The van der Waals surface area contributed by atoms with Gasteiger partial charge >= 0.3 is 0 Å². The van der Waals surface area contributed by atoms with Crippen LogP contribution in [0.2, 0.25) is 0 Å². The van der Waals surface area contributed by atoms with E-state index in [0.717, 1.165) is 32.1 Å². The fourth-order valence-electron chi connectivity index (χ4n) is 2.48. The highest BCUT2D eigenvalue weighted by Gasteiger charge is 2.14. The first-order valence-corrected chi connectivity index (χ1v) is 10.7. The fourth-order valence-corrected chi connectivity index (χ4v) is 2.91. The van der Waals surface area contributed by atoms with Crippen LogP contribution in [0.3, 0.4) is 0 Å². The number of carbonyl (C=O) groups excluding carboxylic acids is 1. The van der Waals surface area contributed by atoms with Gasteiger partial charge in [-0.3, -0.25) is 4.79 Å². The van der Waals surface area contributed by atoms with E-state index in [4.69, 9.17) is 5.14 Å². The smallest absolute Gasteiger partial charge is 0.271 e. The van der Waals surface area contributed by atoms with Gasteiger partial charge in [-0.1, -0.05) is 70.4 Å².